The predicted molar refractivity (Wildman–Crippen MR) is 142 cm³/mol. The summed E-state index contributed by atoms with van der Waals surface area (Å²) >= 11 is 0. The van der Waals surface area contributed by atoms with Crippen LogP contribution in [0, 0.1) is 0 Å². The maximum absolute atomic E-state index is 13.3. The van der Waals surface area contributed by atoms with Crippen molar-refractivity contribution in [2.24, 2.45) is 0 Å². The number of benzene rings is 3. The summed E-state index contributed by atoms with van der Waals surface area (Å²) in [5.74, 6) is 1.18. The first-order valence-corrected chi connectivity index (χ1v) is 12.5. The van der Waals surface area contributed by atoms with E-state index >= 15 is 0 Å². The van der Waals surface area contributed by atoms with Gasteiger partial charge in [0.15, 0.2) is 11.5 Å². The summed E-state index contributed by atoms with van der Waals surface area (Å²) in [6.07, 6.45) is 6.12. The molecule has 3 aromatic carbocycles. The normalized spacial score (nSPS) is 16.9. The molecule has 0 aliphatic heterocycles. The molecule has 5 rings (SSSR count). The van der Waals surface area contributed by atoms with Crippen molar-refractivity contribution in [3.8, 4) is 28.3 Å². The van der Waals surface area contributed by atoms with Crippen molar-refractivity contribution in [3.05, 3.63) is 96.6 Å². The Kier molecular flexibility index (Phi) is 7.51. The molecule has 0 spiro atoms. The fourth-order valence-electron chi connectivity index (χ4n) is 4.83. The molecule has 4 aromatic rings. The van der Waals surface area contributed by atoms with Gasteiger partial charge >= 0.3 is 0 Å². The SMILES string of the molecule is COc1ccc(-c2cccc(-n3cncc3C(=O)N[C@H]3CCC[C@H]3OCc3ccccc3)c2)cc1OC. The number of carbonyl (C=O) groups is 1. The summed E-state index contributed by atoms with van der Waals surface area (Å²) in [6.45, 7) is 0.540. The molecule has 1 N–H and O–H groups in total. The molecule has 2 atom stereocenters. The lowest BCUT2D eigenvalue weighted by molar-refractivity contribution is 0.0271. The zero-order valence-electron chi connectivity index (χ0n) is 21.1. The number of ether oxygens (including phenoxy) is 3. The van der Waals surface area contributed by atoms with Gasteiger partial charge in [-0.25, -0.2) is 4.98 Å². The highest BCUT2D eigenvalue weighted by atomic mass is 16.5. The topological polar surface area (TPSA) is 74.6 Å². The summed E-state index contributed by atoms with van der Waals surface area (Å²) in [4.78, 5) is 17.6. The Hall–Kier alpha value is -4.10. The number of carbonyl (C=O) groups excluding carboxylic acids is 1. The Balaban J connectivity index is 1.31. The third-order valence-corrected chi connectivity index (χ3v) is 6.79. The minimum Gasteiger partial charge on any atom is -0.493 e. The molecule has 37 heavy (non-hydrogen) atoms. The van der Waals surface area contributed by atoms with Crippen LogP contribution in [0.15, 0.2) is 85.3 Å². The Morgan fingerprint density at radius 2 is 1.76 bits per heavy atom. The van der Waals surface area contributed by atoms with Crippen LogP contribution in [0.4, 0.5) is 0 Å². The molecule has 1 aliphatic carbocycles. The van der Waals surface area contributed by atoms with Crippen LogP contribution >= 0.6 is 0 Å². The minimum atomic E-state index is -0.158. The van der Waals surface area contributed by atoms with Gasteiger partial charge in [0.1, 0.15) is 5.69 Å². The molecule has 0 radical (unpaired) electrons. The zero-order chi connectivity index (χ0) is 25.6. The van der Waals surface area contributed by atoms with Gasteiger partial charge < -0.3 is 19.5 Å². The van der Waals surface area contributed by atoms with Gasteiger partial charge in [0.25, 0.3) is 5.91 Å². The second kappa shape index (κ2) is 11.3. The van der Waals surface area contributed by atoms with Crippen molar-refractivity contribution < 1.29 is 19.0 Å². The maximum atomic E-state index is 13.3. The van der Waals surface area contributed by atoms with Crippen molar-refractivity contribution >= 4 is 5.91 Å². The number of rotatable bonds is 9. The van der Waals surface area contributed by atoms with Gasteiger partial charge in [-0.1, -0.05) is 48.5 Å². The molecule has 0 unspecified atom stereocenters. The van der Waals surface area contributed by atoms with Crippen LogP contribution in [0.1, 0.15) is 35.3 Å². The zero-order valence-corrected chi connectivity index (χ0v) is 21.1. The fourth-order valence-corrected chi connectivity index (χ4v) is 4.83. The van der Waals surface area contributed by atoms with Crippen LogP contribution in [-0.2, 0) is 11.3 Å². The van der Waals surface area contributed by atoms with E-state index in [1.807, 2.05) is 65.2 Å². The lowest BCUT2D eigenvalue weighted by Gasteiger charge is -2.22. The maximum Gasteiger partial charge on any atom is 0.270 e. The average Bonchev–Trinajstić information content (AvgIpc) is 3.62. The first-order chi connectivity index (χ1) is 18.2. The van der Waals surface area contributed by atoms with Gasteiger partial charge in [0.2, 0.25) is 0 Å². The van der Waals surface area contributed by atoms with Crippen LogP contribution in [-0.4, -0.2) is 41.8 Å². The largest absolute Gasteiger partial charge is 0.493 e. The Labute approximate surface area is 217 Å². The molecule has 1 heterocycles. The lowest BCUT2D eigenvalue weighted by atomic mass is 10.0. The van der Waals surface area contributed by atoms with Crippen LogP contribution in [0.2, 0.25) is 0 Å². The number of amides is 1. The van der Waals surface area contributed by atoms with Crippen molar-refractivity contribution in [1.82, 2.24) is 14.9 Å². The first-order valence-electron chi connectivity index (χ1n) is 12.5. The lowest BCUT2D eigenvalue weighted by Crippen LogP contribution is -2.41. The second-order valence-electron chi connectivity index (χ2n) is 9.11. The molecular formula is C30H31N3O4. The number of hydrogen-bond donors (Lipinski definition) is 1. The molecule has 1 aromatic heterocycles. The molecule has 7 nitrogen and oxygen atoms in total. The standard InChI is InChI=1S/C30H31N3O4/c1-35-28-15-14-23(17-29(28)36-2)22-10-6-11-24(16-22)33-20-31-18-26(33)30(34)32-25-12-7-13-27(25)37-19-21-8-4-3-5-9-21/h3-6,8-11,14-18,20,25,27H,7,12-13,19H2,1-2H3,(H,32,34)/t25-,27+/m0/s1. The highest BCUT2D eigenvalue weighted by Crippen LogP contribution is 2.33. The average molecular weight is 498 g/mol. The van der Waals surface area contributed by atoms with Crippen molar-refractivity contribution in [1.29, 1.82) is 0 Å². The van der Waals surface area contributed by atoms with Gasteiger partial charge in [0, 0.05) is 5.69 Å². The molecule has 190 valence electrons. The molecule has 1 amide bonds. The van der Waals surface area contributed by atoms with E-state index < -0.39 is 0 Å². The quantitative estimate of drug-likeness (QED) is 0.334. The monoisotopic (exact) mass is 497 g/mol. The van der Waals surface area contributed by atoms with Crippen LogP contribution in [0.3, 0.4) is 0 Å². The third-order valence-electron chi connectivity index (χ3n) is 6.79. The first kappa shape index (κ1) is 24.6. The summed E-state index contributed by atoms with van der Waals surface area (Å²) in [7, 11) is 3.24. The number of imidazole rings is 1. The second-order valence-corrected chi connectivity index (χ2v) is 9.11. The third kappa shape index (κ3) is 5.52. The number of hydrogen-bond acceptors (Lipinski definition) is 5. The van der Waals surface area contributed by atoms with E-state index in [4.69, 9.17) is 14.2 Å². The molecular weight excluding hydrogens is 466 g/mol. The Morgan fingerprint density at radius 1 is 0.946 bits per heavy atom. The predicted octanol–water partition coefficient (Wildman–Crippen LogP) is 5.42. The molecule has 7 heteroatoms. The van der Waals surface area contributed by atoms with E-state index in [0.29, 0.717) is 23.8 Å². The summed E-state index contributed by atoms with van der Waals surface area (Å²) in [5.41, 5.74) is 4.43. The highest BCUT2D eigenvalue weighted by molar-refractivity contribution is 5.93. The van der Waals surface area contributed by atoms with Crippen LogP contribution in [0.5, 0.6) is 11.5 Å². The van der Waals surface area contributed by atoms with Gasteiger partial charge in [-0.05, 0) is 60.2 Å². The smallest absolute Gasteiger partial charge is 0.270 e. The number of nitrogens with one attached hydrogen (secondary N) is 1. The molecule has 0 bridgehead atoms. The van der Waals surface area contributed by atoms with E-state index in [9.17, 15) is 4.79 Å². The summed E-state index contributed by atoms with van der Waals surface area (Å²) < 4.78 is 18.8. The molecule has 1 fully saturated rings. The Bertz CT molecular complexity index is 1350. The van der Waals surface area contributed by atoms with E-state index in [-0.39, 0.29) is 18.1 Å². The van der Waals surface area contributed by atoms with E-state index in [1.54, 1.807) is 26.7 Å². The van der Waals surface area contributed by atoms with E-state index in [1.165, 1.54) is 0 Å². The Morgan fingerprint density at radius 3 is 2.57 bits per heavy atom. The van der Waals surface area contributed by atoms with Crippen LogP contribution in [0.25, 0.3) is 16.8 Å². The number of nitrogens with zero attached hydrogens (tertiary/aromatic N) is 2. The van der Waals surface area contributed by atoms with Gasteiger partial charge in [-0.15, -0.1) is 0 Å². The van der Waals surface area contributed by atoms with Crippen molar-refractivity contribution in [2.75, 3.05) is 14.2 Å². The molecule has 1 aliphatic rings. The molecule has 1 saturated carbocycles. The van der Waals surface area contributed by atoms with Crippen molar-refractivity contribution in [3.63, 3.8) is 0 Å². The van der Waals surface area contributed by atoms with Gasteiger partial charge in [0.05, 0.1) is 45.5 Å². The van der Waals surface area contributed by atoms with Crippen LogP contribution < -0.4 is 14.8 Å². The fraction of sp³-hybridized carbons (Fsp3) is 0.267. The summed E-state index contributed by atoms with van der Waals surface area (Å²) in [5, 5.41) is 3.20. The minimum absolute atomic E-state index is 0.00564. The highest BCUT2D eigenvalue weighted by Gasteiger charge is 2.30. The van der Waals surface area contributed by atoms with Crippen molar-refractivity contribution in [2.45, 2.75) is 38.0 Å². The number of aromatic nitrogens is 2. The van der Waals surface area contributed by atoms with E-state index in [0.717, 1.165) is 41.6 Å². The van der Waals surface area contributed by atoms with Gasteiger partial charge in [-0.3, -0.25) is 9.36 Å². The van der Waals surface area contributed by atoms with Gasteiger partial charge in [-0.2, -0.15) is 0 Å². The summed E-state index contributed by atoms with van der Waals surface area (Å²) in [6, 6.07) is 23.9. The number of methoxy groups -OCH3 is 2. The molecule has 0 saturated heterocycles. The van der Waals surface area contributed by atoms with E-state index in [2.05, 4.69) is 22.4 Å².